The van der Waals surface area contributed by atoms with Crippen molar-refractivity contribution in [3.8, 4) is 11.8 Å². The minimum atomic E-state index is -0.580. The van der Waals surface area contributed by atoms with Crippen LogP contribution in [-0.4, -0.2) is 24.5 Å². The zero-order chi connectivity index (χ0) is 11.7. The molecular weight excluding hydrogens is 194 g/mol. The lowest BCUT2D eigenvalue weighted by atomic mass is 10.1. The monoisotopic (exact) mass is 211 g/mol. The minimum absolute atomic E-state index is 0.238. The van der Waals surface area contributed by atoms with Crippen molar-refractivity contribution >= 4 is 11.9 Å². The Kier molecular flexibility index (Phi) is 7.08. The molecule has 84 valence electrons. The largest absolute Gasteiger partial charge is 0.464 e. The van der Waals surface area contributed by atoms with Crippen LogP contribution in [0.4, 0.5) is 0 Å². The third kappa shape index (κ3) is 6.55. The van der Waals surface area contributed by atoms with Gasteiger partial charge in [0.2, 0.25) is 5.91 Å². The van der Waals surface area contributed by atoms with E-state index in [1.165, 1.54) is 6.92 Å². The highest BCUT2D eigenvalue weighted by Gasteiger charge is 2.19. The molecule has 0 aliphatic carbocycles. The van der Waals surface area contributed by atoms with Gasteiger partial charge < -0.3 is 10.1 Å². The van der Waals surface area contributed by atoms with E-state index in [0.717, 1.165) is 0 Å². The molecule has 0 aliphatic heterocycles. The smallest absolute Gasteiger partial charge is 0.328 e. The van der Waals surface area contributed by atoms with Crippen molar-refractivity contribution in [2.24, 2.45) is 0 Å². The first kappa shape index (κ1) is 13.5. The molecular formula is C11H17NO3. The quantitative estimate of drug-likeness (QED) is 0.542. The normalized spacial score (nSPS) is 10.9. The molecule has 4 nitrogen and oxygen atoms in total. The molecule has 0 unspecified atom stereocenters. The summed E-state index contributed by atoms with van der Waals surface area (Å²) < 4.78 is 4.83. The standard InChI is InChI=1S/C11H17NO3/c1-4-6-7-8-10(12-9(3)13)11(14)15-5-2/h10H,5,7-8H2,1-3H3,(H,12,13)/t10-/m0/s1. The minimum Gasteiger partial charge on any atom is -0.464 e. The number of carbonyl (C=O) groups is 2. The molecule has 0 saturated carbocycles. The lowest BCUT2D eigenvalue weighted by Gasteiger charge is -2.14. The first-order valence-electron chi connectivity index (χ1n) is 4.95. The molecule has 1 amide bonds. The Morgan fingerprint density at radius 2 is 2.13 bits per heavy atom. The molecule has 0 saturated heterocycles. The first-order valence-corrected chi connectivity index (χ1v) is 4.95. The van der Waals surface area contributed by atoms with Crippen LogP contribution in [0.2, 0.25) is 0 Å². The van der Waals surface area contributed by atoms with Crippen LogP contribution < -0.4 is 5.32 Å². The summed E-state index contributed by atoms with van der Waals surface area (Å²) in [5.74, 6) is 4.94. The van der Waals surface area contributed by atoms with Crippen LogP contribution in [0.1, 0.15) is 33.6 Å². The summed E-state index contributed by atoms with van der Waals surface area (Å²) in [6, 6.07) is -0.580. The van der Waals surface area contributed by atoms with E-state index in [9.17, 15) is 9.59 Å². The highest BCUT2D eigenvalue weighted by atomic mass is 16.5. The Labute approximate surface area is 90.4 Å². The van der Waals surface area contributed by atoms with Gasteiger partial charge in [-0.25, -0.2) is 4.79 Å². The number of hydrogen-bond donors (Lipinski definition) is 1. The maximum Gasteiger partial charge on any atom is 0.328 e. The summed E-state index contributed by atoms with van der Waals surface area (Å²) in [6.45, 7) is 5.15. The Hall–Kier alpha value is -1.50. The molecule has 1 N–H and O–H groups in total. The number of amides is 1. The van der Waals surface area contributed by atoms with E-state index in [-0.39, 0.29) is 5.91 Å². The fourth-order valence-corrected chi connectivity index (χ4v) is 1.08. The zero-order valence-electron chi connectivity index (χ0n) is 9.42. The number of hydrogen-bond acceptors (Lipinski definition) is 3. The second-order valence-electron chi connectivity index (χ2n) is 2.97. The summed E-state index contributed by atoms with van der Waals surface area (Å²) in [5.41, 5.74) is 0. The van der Waals surface area contributed by atoms with Gasteiger partial charge in [0.05, 0.1) is 6.61 Å². The number of ether oxygens (including phenoxy) is 1. The van der Waals surface area contributed by atoms with Crippen molar-refractivity contribution in [1.82, 2.24) is 5.32 Å². The van der Waals surface area contributed by atoms with Crippen LogP contribution in [0, 0.1) is 11.8 Å². The van der Waals surface area contributed by atoms with E-state index in [1.807, 2.05) is 0 Å². The highest BCUT2D eigenvalue weighted by Crippen LogP contribution is 1.99. The van der Waals surface area contributed by atoms with Crippen molar-refractivity contribution in [2.45, 2.75) is 39.7 Å². The number of nitrogens with one attached hydrogen (secondary N) is 1. The molecule has 0 aromatic rings. The van der Waals surface area contributed by atoms with Crippen LogP contribution in [0.5, 0.6) is 0 Å². The average molecular weight is 211 g/mol. The molecule has 0 aromatic heterocycles. The molecule has 0 fully saturated rings. The predicted molar refractivity (Wildman–Crippen MR) is 56.9 cm³/mol. The van der Waals surface area contributed by atoms with E-state index in [2.05, 4.69) is 17.2 Å². The van der Waals surface area contributed by atoms with Crippen LogP contribution in [0.25, 0.3) is 0 Å². The molecule has 0 bridgehead atoms. The van der Waals surface area contributed by atoms with Gasteiger partial charge in [-0.2, -0.15) is 0 Å². The van der Waals surface area contributed by atoms with Crippen LogP contribution in [0.15, 0.2) is 0 Å². The van der Waals surface area contributed by atoms with Crippen molar-refractivity contribution in [2.75, 3.05) is 6.61 Å². The van der Waals surface area contributed by atoms with Gasteiger partial charge in [0, 0.05) is 13.3 Å². The predicted octanol–water partition coefficient (Wildman–Crippen LogP) is 0.858. The summed E-state index contributed by atoms with van der Waals surface area (Å²) in [7, 11) is 0. The molecule has 1 atom stereocenters. The third-order valence-electron chi connectivity index (χ3n) is 1.68. The van der Waals surface area contributed by atoms with E-state index in [4.69, 9.17) is 4.74 Å². The van der Waals surface area contributed by atoms with Gasteiger partial charge in [-0.3, -0.25) is 4.79 Å². The van der Waals surface area contributed by atoms with Gasteiger partial charge in [0.15, 0.2) is 0 Å². The van der Waals surface area contributed by atoms with Crippen molar-refractivity contribution < 1.29 is 14.3 Å². The first-order chi connectivity index (χ1) is 7.11. The third-order valence-corrected chi connectivity index (χ3v) is 1.68. The van der Waals surface area contributed by atoms with Gasteiger partial charge in [0.25, 0.3) is 0 Å². The lowest BCUT2D eigenvalue weighted by molar-refractivity contribution is -0.147. The maximum atomic E-state index is 11.4. The van der Waals surface area contributed by atoms with Gasteiger partial charge in [-0.1, -0.05) is 0 Å². The lowest BCUT2D eigenvalue weighted by Crippen LogP contribution is -2.40. The second-order valence-corrected chi connectivity index (χ2v) is 2.97. The Morgan fingerprint density at radius 1 is 1.47 bits per heavy atom. The van der Waals surface area contributed by atoms with Crippen molar-refractivity contribution in [3.05, 3.63) is 0 Å². The highest BCUT2D eigenvalue weighted by molar-refractivity contribution is 5.83. The summed E-state index contributed by atoms with van der Waals surface area (Å²) in [4.78, 5) is 22.2. The maximum absolute atomic E-state index is 11.4. The summed E-state index contributed by atoms with van der Waals surface area (Å²) in [6.07, 6.45) is 1.06. The zero-order valence-corrected chi connectivity index (χ0v) is 9.42. The SMILES string of the molecule is CC#CCC[C@H](NC(C)=O)C(=O)OCC. The van der Waals surface area contributed by atoms with Crippen LogP contribution in [0.3, 0.4) is 0 Å². The van der Waals surface area contributed by atoms with Gasteiger partial charge in [0.1, 0.15) is 6.04 Å². The molecule has 0 aliphatic rings. The fourth-order valence-electron chi connectivity index (χ4n) is 1.08. The Bertz CT molecular complexity index is 275. The second kappa shape index (κ2) is 7.86. The number of esters is 1. The summed E-state index contributed by atoms with van der Waals surface area (Å²) in [5, 5.41) is 2.54. The fraction of sp³-hybridized carbons (Fsp3) is 0.636. The van der Waals surface area contributed by atoms with Gasteiger partial charge in [-0.05, 0) is 20.3 Å². The molecule has 0 rings (SSSR count). The Morgan fingerprint density at radius 3 is 2.60 bits per heavy atom. The van der Waals surface area contributed by atoms with Crippen molar-refractivity contribution in [3.63, 3.8) is 0 Å². The molecule has 4 heteroatoms. The Balaban J connectivity index is 4.20. The van der Waals surface area contributed by atoms with E-state index < -0.39 is 12.0 Å². The molecule has 0 aromatic carbocycles. The average Bonchev–Trinajstić information content (AvgIpc) is 2.16. The summed E-state index contributed by atoms with van der Waals surface area (Å²) >= 11 is 0. The molecule has 0 spiro atoms. The van der Waals surface area contributed by atoms with E-state index in [1.54, 1.807) is 13.8 Å². The van der Waals surface area contributed by atoms with Gasteiger partial charge in [-0.15, -0.1) is 11.8 Å². The van der Waals surface area contributed by atoms with Gasteiger partial charge >= 0.3 is 5.97 Å². The molecule has 0 radical (unpaired) electrons. The number of carbonyl (C=O) groups excluding carboxylic acids is 2. The van der Waals surface area contributed by atoms with E-state index >= 15 is 0 Å². The van der Waals surface area contributed by atoms with Crippen LogP contribution >= 0.6 is 0 Å². The number of rotatable bonds is 5. The van der Waals surface area contributed by atoms with Crippen LogP contribution in [-0.2, 0) is 14.3 Å². The van der Waals surface area contributed by atoms with Crippen molar-refractivity contribution in [1.29, 1.82) is 0 Å². The van der Waals surface area contributed by atoms with E-state index in [0.29, 0.717) is 19.4 Å². The molecule has 0 heterocycles. The molecule has 15 heavy (non-hydrogen) atoms. The topological polar surface area (TPSA) is 55.4 Å².